The van der Waals surface area contributed by atoms with Gasteiger partial charge < -0.3 is 20.3 Å². The van der Waals surface area contributed by atoms with Crippen LogP contribution in [0.25, 0.3) is 0 Å². The van der Waals surface area contributed by atoms with Crippen LogP contribution in [0.5, 0.6) is 5.75 Å². The molecule has 1 saturated heterocycles. The first-order valence-corrected chi connectivity index (χ1v) is 11.3. The van der Waals surface area contributed by atoms with Crippen molar-refractivity contribution in [3.8, 4) is 5.75 Å². The molecule has 2 aromatic carbocycles. The molecule has 7 heteroatoms. The maximum Gasteiger partial charge on any atom is 0.253 e. The van der Waals surface area contributed by atoms with E-state index in [1.807, 2.05) is 30.0 Å². The number of nitrogens with zero attached hydrogens (tertiary/aromatic N) is 1. The number of nitrogens with one attached hydrogen (secondary N) is 2. The van der Waals surface area contributed by atoms with Crippen LogP contribution < -0.4 is 31.1 Å². The standard InChI is InChI=1S/C24H31N3O4/c1-15-5-10-19(31-2)18(13-15)26-24(30)17-8-6-16(7-9-17)14-25-20-21(23(29)22(20)28)27-11-3-4-12-27/h5,10,13,16-17,25H,3-4,6-9,11-12,14H2,1-2H3,(H,26,30). The molecule has 166 valence electrons. The van der Waals surface area contributed by atoms with Gasteiger partial charge in [0.15, 0.2) is 0 Å². The molecule has 1 aliphatic carbocycles. The molecule has 7 nitrogen and oxygen atoms in total. The van der Waals surface area contributed by atoms with Gasteiger partial charge in [0.1, 0.15) is 17.1 Å². The zero-order valence-corrected chi connectivity index (χ0v) is 18.3. The average molecular weight is 426 g/mol. The van der Waals surface area contributed by atoms with E-state index in [2.05, 4.69) is 10.6 Å². The van der Waals surface area contributed by atoms with Crippen LogP contribution in [0.1, 0.15) is 44.1 Å². The molecule has 0 bridgehead atoms. The van der Waals surface area contributed by atoms with E-state index in [0.717, 1.165) is 57.2 Å². The molecule has 0 unspecified atom stereocenters. The van der Waals surface area contributed by atoms with E-state index < -0.39 is 0 Å². The Balaban J connectivity index is 1.28. The summed E-state index contributed by atoms with van der Waals surface area (Å²) in [4.78, 5) is 38.8. The van der Waals surface area contributed by atoms with E-state index in [0.29, 0.717) is 35.3 Å². The van der Waals surface area contributed by atoms with E-state index in [1.165, 1.54) is 0 Å². The van der Waals surface area contributed by atoms with Crippen molar-refractivity contribution in [3.05, 3.63) is 44.2 Å². The van der Waals surface area contributed by atoms with E-state index in [-0.39, 0.29) is 22.7 Å². The molecule has 2 aliphatic rings. The van der Waals surface area contributed by atoms with Gasteiger partial charge in [-0.3, -0.25) is 14.4 Å². The second-order valence-electron chi connectivity index (χ2n) is 8.87. The number of aryl methyl sites for hydroxylation is 1. The predicted octanol–water partition coefficient (Wildman–Crippen LogP) is 3.06. The number of hydrogen-bond donors (Lipinski definition) is 2. The fraction of sp³-hybridized carbons (Fsp3) is 0.542. The van der Waals surface area contributed by atoms with Crippen LogP contribution in [0.2, 0.25) is 0 Å². The Morgan fingerprint density at radius 3 is 2.48 bits per heavy atom. The summed E-state index contributed by atoms with van der Waals surface area (Å²) in [5.41, 5.74) is 2.13. The quantitative estimate of drug-likeness (QED) is 0.663. The van der Waals surface area contributed by atoms with Crippen LogP contribution in [0, 0.1) is 18.8 Å². The SMILES string of the molecule is COc1ccc(C)cc1NC(=O)C1CCC(CNc2c(N3CCCC3)c(=O)c2=O)CC1. The number of carbonyl (C=O) groups excluding carboxylic acids is 1. The lowest BCUT2D eigenvalue weighted by atomic mass is 9.81. The zero-order chi connectivity index (χ0) is 22.0. The summed E-state index contributed by atoms with van der Waals surface area (Å²) in [6.45, 7) is 4.36. The highest BCUT2D eigenvalue weighted by Gasteiger charge is 2.30. The largest absolute Gasteiger partial charge is 0.495 e. The first-order valence-electron chi connectivity index (χ1n) is 11.3. The van der Waals surface area contributed by atoms with Crippen molar-refractivity contribution in [2.24, 2.45) is 11.8 Å². The molecule has 1 aliphatic heterocycles. The van der Waals surface area contributed by atoms with Gasteiger partial charge in [-0.2, -0.15) is 0 Å². The minimum atomic E-state index is -0.387. The van der Waals surface area contributed by atoms with Crippen molar-refractivity contribution in [2.75, 3.05) is 42.3 Å². The topological polar surface area (TPSA) is 87.7 Å². The Bertz CT molecular complexity index is 1010. The Morgan fingerprint density at radius 2 is 1.81 bits per heavy atom. The smallest absolute Gasteiger partial charge is 0.253 e. The van der Waals surface area contributed by atoms with E-state index in [4.69, 9.17) is 4.74 Å². The highest BCUT2D eigenvalue weighted by atomic mass is 16.5. The van der Waals surface area contributed by atoms with Gasteiger partial charge in [0.05, 0.1) is 12.8 Å². The summed E-state index contributed by atoms with van der Waals surface area (Å²) >= 11 is 0. The second kappa shape index (κ2) is 9.12. The van der Waals surface area contributed by atoms with Crippen molar-refractivity contribution in [1.29, 1.82) is 0 Å². The van der Waals surface area contributed by atoms with Gasteiger partial charge in [0, 0.05) is 25.6 Å². The summed E-state index contributed by atoms with van der Waals surface area (Å²) in [6.07, 6.45) is 5.61. The van der Waals surface area contributed by atoms with Gasteiger partial charge >= 0.3 is 0 Å². The predicted molar refractivity (Wildman–Crippen MR) is 123 cm³/mol. The van der Waals surface area contributed by atoms with E-state index >= 15 is 0 Å². The number of amides is 1. The Morgan fingerprint density at radius 1 is 1.10 bits per heavy atom. The maximum atomic E-state index is 12.8. The monoisotopic (exact) mass is 425 g/mol. The van der Waals surface area contributed by atoms with Crippen LogP contribution in [-0.4, -0.2) is 32.7 Å². The van der Waals surface area contributed by atoms with E-state index in [1.54, 1.807) is 7.11 Å². The molecular formula is C24H31N3O4. The molecule has 31 heavy (non-hydrogen) atoms. The van der Waals surface area contributed by atoms with E-state index in [9.17, 15) is 14.4 Å². The summed E-state index contributed by atoms with van der Waals surface area (Å²) in [6, 6.07) is 5.75. The summed E-state index contributed by atoms with van der Waals surface area (Å²) < 4.78 is 5.36. The van der Waals surface area contributed by atoms with Gasteiger partial charge in [-0.25, -0.2) is 0 Å². The summed E-state index contributed by atoms with van der Waals surface area (Å²) in [7, 11) is 1.60. The third-order valence-corrected chi connectivity index (χ3v) is 6.71. The lowest BCUT2D eigenvalue weighted by molar-refractivity contribution is -0.121. The molecule has 4 rings (SSSR count). The number of rotatable bonds is 7. The molecule has 1 saturated carbocycles. The number of anilines is 3. The van der Waals surface area contributed by atoms with Gasteiger partial charge in [-0.1, -0.05) is 6.07 Å². The fourth-order valence-electron chi connectivity index (χ4n) is 4.82. The molecule has 2 N–H and O–H groups in total. The molecule has 1 heterocycles. The number of ether oxygens (including phenoxy) is 1. The van der Waals surface area contributed by atoms with Gasteiger partial charge in [-0.05, 0) is 69.1 Å². The fourth-order valence-corrected chi connectivity index (χ4v) is 4.82. The first-order chi connectivity index (χ1) is 15.0. The lowest BCUT2D eigenvalue weighted by Gasteiger charge is -2.29. The zero-order valence-electron chi connectivity index (χ0n) is 18.3. The molecule has 1 amide bonds. The molecule has 0 radical (unpaired) electrons. The van der Waals surface area contributed by atoms with Crippen molar-refractivity contribution in [3.63, 3.8) is 0 Å². The Labute approximate surface area is 182 Å². The number of benzene rings is 1. The van der Waals surface area contributed by atoms with Crippen LogP contribution >= 0.6 is 0 Å². The normalized spacial score (nSPS) is 21.3. The molecule has 0 atom stereocenters. The lowest BCUT2D eigenvalue weighted by Crippen LogP contribution is -2.42. The average Bonchev–Trinajstić information content (AvgIpc) is 3.30. The van der Waals surface area contributed by atoms with Crippen molar-refractivity contribution in [1.82, 2.24) is 0 Å². The third kappa shape index (κ3) is 4.45. The third-order valence-electron chi connectivity index (χ3n) is 6.71. The highest BCUT2D eigenvalue weighted by Crippen LogP contribution is 2.32. The Kier molecular flexibility index (Phi) is 6.30. The molecule has 0 aromatic heterocycles. The highest BCUT2D eigenvalue weighted by molar-refractivity contribution is 5.94. The first kappa shape index (κ1) is 21.4. The summed E-state index contributed by atoms with van der Waals surface area (Å²) in [5, 5.41) is 6.28. The molecular weight excluding hydrogens is 394 g/mol. The number of hydrogen-bond acceptors (Lipinski definition) is 6. The van der Waals surface area contributed by atoms with Gasteiger partial charge in [-0.15, -0.1) is 0 Å². The van der Waals surface area contributed by atoms with Crippen molar-refractivity contribution in [2.45, 2.75) is 45.4 Å². The van der Waals surface area contributed by atoms with Crippen LogP contribution in [-0.2, 0) is 4.79 Å². The van der Waals surface area contributed by atoms with Gasteiger partial charge in [0.25, 0.3) is 10.9 Å². The Hall–Kier alpha value is -2.83. The minimum Gasteiger partial charge on any atom is -0.495 e. The number of carbonyl (C=O) groups is 1. The summed E-state index contributed by atoms with van der Waals surface area (Å²) in [5.74, 6) is 1.08. The van der Waals surface area contributed by atoms with Gasteiger partial charge in [0.2, 0.25) is 5.91 Å². The molecule has 2 fully saturated rings. The molecule has 0 spiro atoms. The van der Waals surface area contributed by atoms with Crippen LogP contribution in [0.15, 0.2) is 27.8 Å². The second-order valence-corrected chi connectivity index (χ2v) is 8.87. The maximum absolute atomic E-state index is 12.8. The number of methoxy groups -OCH3 is 1. The van der Waals surface area contributed by atoms with Crippen LogP contribution in [0.4, 0.5) is 17.1 Å². The minimum absolute atomic E-state index is 0.0206. The van der Waals surface area contributed by atoms with Crippen molar-refractivity contribution >= 4 is 23.0 Å². The molecule has 2 aromatic rings. The van der Waals surface area contributed by atoms with Crippen LogP contribution in [0.3, 0.4) is 0 Å². The van der Waals surface area contributed by atoms with Crippen molar-refractivity contribution < 1.29 is 9.53 Å².